The Morgan fingerprint density at radius 3 is 2.53 bits per heavy atom. The Balaban J connectivity index is 2.00. The molecule has 0 aromatic heterocycles. The molecule has 0 bridgehead atoms. The molecule has 1 aromatic rings. The molecule has 5 heteroatoms. The number of hydrazine groups is 1. The van der Waals surface area contributed by atoms with Crippen LogP contribution in [0.4, 0.5) is 14.5 Å². The van der Waals surface area contributed by atoms with E-state index in [2.05, 4.69) is 5.43 Å². The Kier molecular flexibility index (Phi) is 3.13. The predicted octanol–water partition coefficient (Wildman–Crippen LogP) is 1.62. The Morgan fingerprint density at radius 1 is 1.13 bits per heavy atom. The summed E-state index contributed by atoms with van der Waals surface area (Å²) in [6, 6.07) is 3.76. The van der Waals surface area contributed by atoms with Gasteiger partial charge in [-0.1, -0.05) is 0 Å². The van der Waals surface area contributed by atoms with Crippen LogP contribution in [0.2, 0.25) is 0 Å². The average Bonchev–Trinajstić information content (AvgIpc) is 2.25. The fourth-order valence-corrected chi connectivity index (χ4v) is 1.42. The number of morpholine rings is 1. The number of benzene rings is 1. The van der Waals surface area contributed by atoms with E-state index in [9.17, 15) is 8.78 Å². The van der Waals surface area contributed by atoms with Crippen molar-refractivity contribution in [3.63, 3.8) is 0 Å². The third kappa shape index (κ3) is 2.64. The van der Waals surface area contributed by atoms with Crippen molar-refractivity contribution in [3.05, 3.63) is 29.8 Å². The van der Waals surface area contributed by atoms with Gasteiger partial charge in [-0.25, -0.2) is 13.8 Å². The van der Waals surface area contributed by atoms with Gasteiger partial charge in [-0.05, 0) is 12.1 Å². The van der Waals surface area contributed by atoms with Crippen LogP contribution in [0.15, 0.2) is 18.2 Å². The van der Waals surface area contributed by atoms with Crippen molar-refractivity contribution in [1.29, 1.82) is 0 Å². The fourth-order valence-electron chi connectivity index (χ4n) is 1.42. The van der Waals surface area contributed by atoms with Crippen LogP contribution in [0, 0.1) is 11.6 Å². The molecule has 0 radical (unpaired) electrons. The number of halogens is 2. The summed E-state index contributed by atoms with van der Waals surface area (Å²) in [6.07, 6.45) is 0. The predicted molar refractivity (Wildman–Crippen MR) is 52.4 cm³/mol. The second-order valence-corrected chi connectivity index (χ2v) is 3.34. The summed E-state index contributed by atoms with van der Waals surface area (Å²) in [7, 11) is 0. The van der Waals surface area contributed by atoms with Gasteiger partial charge in [-0.2, -0.15) is 0 Å². The zero-order valence-corrected chi connectivity index (χ0v) is 8.17. The van der Waals surface area contributed by atoms with Crippen molar-refractivity contribution in [2.24, 2.45) is 0 Å². The van der Waals surface area contributed by atoms with E-state index in [1.165, 1.54) is 6.07 Å². The molecule has 0 aliphatic carbocycles. The molecule has 0 unspecified atom stereocenters. The molecule has 0 spiro atoms. The maximum Gasteiger partial charge on any atom is 0.160 e. The van der Waals surface area contributed by atoms with Crippen LogP contribution in [-0.4, -0.2) is 31.3 Å². The molecule has 2 rings (SSSR count). The quantitative estimate of drug-likeness (QED) is 0.809. The summed E-state index contributed by atoms with van der Waals surface area (Å²) < 4.78 is 30.7. The van der Waals surface area contributed by atoms with Crippen LogP contribution in [0.3, 0.4) is 0 Å². The first-order chi connectivity index (χ1) is 7.25. The summed E-state index contributed by atoms with van der Waals surface area (Å²) >= 11 is 0. The highest BCUT2D eigenvalue weighted by Gasteiger charge is 2.10. The normalized spacial score (nSPS) is 17.7. The number of hydrogen-bond acceptors (Lipinski definition) is 3. The highest BCUT2D eigenvalue weighted by molar-refractivity contribution is 5.42. The highest BCUT2D eigenvalue weighted by atomic mass is 19.2. The van der Waals surface area contributed by atoms with Gasteiger partial charge in [0.05, 0.1) is 18.9 Å². The van der Waals surface area contributed by atoms with Crippen LogP contribution in [-0.2, 0) is 4.74 Å². The van der Waals surface area contributed by atoms with Crippen molar-refractivity contribution in [3.8, 4) is 0 Å². The minimum atomic E-state index is -0.840. The average molecular weight is 214 g/mol. The molecule has 1 aromatic carbocycles. The van der Waals surface area contributed by atoms with Gasteiger partial charge in [0.1, 0.15) is 0 Å². The van der Waals surface area contributed by atoms with Crippen molar-refractivity contribution < 1.29 is 13.5 Å². The lowest BCUT2D eigenvalue weighted by molar-refractivity contribution is 0.0497. The third-order valence-electron chi connectivity index (χ3n) is 2.22. The van der Waals surface area contributed by atoms with E-state index < -0.39 is 11.6 Å². The molecule has 0 amide bonds. The molecule has 0 saturated carbocycles. The Labute approximate surface area is 86.6 Å². The minimum absolute atomic E-state index is 0.552. The van der Waals surface area contributed by atoms with Crippen LogP contribution in [0.1, 0.15) is 0 Å². The topological polar surface area (TPSA) is 24.5 Å². The van der Waals surface area contributed by atoms with Gasteiger partial charge in [0.25, 0.3) is 0 Å². The number of nitrogens with one attached hydrogen (secondary N) is 1. The lowest BCUT2D eigenvalue weighted by atomic mass is 10.3. The molecule has 0 atom stereocenters. The van der Waals surface area contributed by atoms with Gasteiger partial charge >= 0.3 is 0 Å². The van der Waals surface area contributed by atoms with E-state index in [-0.39, 0.29) is 0 Å². The molecule has 1 N–H and O–H groups in total. The number of ether oxygens (including phenoxy) is 1. The van der Waals surface area contributed by atoms with Gasteiger partial charge in [0.2, 0.25) is 0 Å². The van der Waals surface area contributed by atoms with E-state index in [0.717, 1.165) is 25.2 Å². The molecular formula is C10H12F2N2O. The summed E-state index contributed by atoms with van der Waals surface area (Å²) in [5.41, 5.74) is 3.55. The Hall–Kier alpha value is -1.20. The fraction of sp³-hybridized carbons (Fsp3) is 0.400. The molecule has 1 saturated heterocycles. The van der Waals surface area contributed by atoms with Crippen molar-refractivity contribution in [2.75, 3.05) is 31.7 Å². The zero-order chi connectivity index (χ0) is 10.7. The summed E-state index contributed by atoms with van der Waals surface area (Å²) in [5, 5.41) is 1.91. The van der Waals surface area contributed by atoms with Gasteiger partial charge in [0.15, 0.2) is 11.6 Å². The smallest absolute Gasteiger partial charge is 0.160 e. The van der Waals surface area contributed by atoms with E-state index in [1.54, 1.807) is 0 Å². The van der Waals surface area contributed by atoms with Crippen LogP contribution in [0.25, 0.3) is 0 Å². The lowest BCUT2D eigenvalue weighted by Crippen LogP contribution is -2.40. The second kappa shape index (κ2) is 4.55. The second-order valence-electron chi connectivity index (χ2n) is 3.34. The molecule has 3 nitrogen and oxygen atoms in total. The van der Waals surface area contributed by atoms with Crippen molar-refractivity contribution >= 4 is 5.69 Å². The molecule has 1 aliphatic heterocycles. The van der Waals surface area contributed by atoms with Gasteiger partial charge in [-0.3, -0.25) is 0 Å². The molecule has 15 heavy (non-hydrogen) atoms. The van der Waals surface area contributed by atoms with Crippen molar-refractivity contribution in [1.82, 2.24) is 5.01 Å². The minimum Gasteiger partial charge on any atom is -0.379 e. The summed E-state index contributed by atoms with van der Waals surface area (Å²) in [6.45, 7) is 2.77. The van der Waals surface area contributed by atoms with Crippen molar-refractivity contribution in [2.45, 2.75) is 0 Å². The first-order valence-electron chi connectivity index (χ1n) is 4.80. The van der Waals surface area contributed by atoms with Gasteiger partial charge in [-0.15, -0.1) is 0 Å². The van der Waals surface area contributed by atoms with Crippen LogP contribution >= 0.6 is 0 Å². The molecule has 82 valence electrons. The molecule has 1 heterocycles. The highest BCUT2D eigenvalue weighted by Crippen LogP contribution is 2.14. The zero-order valence-electron chi connectivity index (χ0n) is 8.17. The number of anilines is 1. The Bertz CT molecular complexity index is 340. The first kappa shape index (κ1) is 10.3. The van der Waals surface area contributed by atoms with Gasteiger partial charge < -0.3 is 10.2 Å². The van der Waals surface area contributed by atoms with E-state index in [1.807, 2.05) is 5.01 Å². The molecule has 1 aliphatic rings. The van der Waals surface area contributed by atoms with Crippen LogP contribution in [0.5, 0.6) is 0 Å². The maximum atomic E-state index is 12.9. The van der Waals surface area contributed by atoms with Crippen LogP contribution < -0.4 is 5.43 Å². The van der Waals surface area contributed by atoms with Gasteiger partial charge in [0, 0.05) is 19.2 Å². The third-order valence-corrected chi connectivity index (χ3v) is 2.22. The van der Waals surface area contributed by atoms with E-state index >= 15 is 0 Å². The SMILES string of the molecule is Fc1ccc(NN2CCOCC2)cc1F. The maximum absolute atomic E-state index is 12.9. The number of hydrogen-bond donors (Lipinski definition) is 1. The lowest BCUT2D eigenvalue weighted by Gasteiger charge is -2.27. The van der Waals surface area contributed by atoms with E-state index in [0.29, 0.717) is 18.9 Å². The monoisotopic (exact) mass is 214 g/mol. The molecule has 1 fully saturated rings. The molecular weight excluding hydrogens is 202 g/mol. The Morgan fingerprint density at radius 2 is 1.87 bits per heavy atom. The largest absolute Gasteiger partial charge is 0.379 e. The van der Waals surface area contributed by atoms with E-state index in [4.69, 9.17) is 4.74 Å². The summed E-state index contributed by atoms with van der Waals surface area (Å²) in [4.78, 5) is 0. The number of nitrogens with zero attached hydrogens (tertiary/aromatic N) is 1. The number of rotatable bonds is 2. The first-order valence-corrected chi connectivity index (χ1v) is 4.80. The standard InChI is InChI=1S/C10H12F2N2O/c11-9-2-1-8(7-10(9)12)13-14-3-5-15-6-4-14/h1-2,7,13H,3-6H2. The summed E-state index contributed by atoms with van der Waals surface area (Å²) in [5.74, 6) is -1.67.